The summed E-state index contributed by atoms with van der Waals surface area (Å²) in [6, 6.07) is 20.0. The first kappa shape index (κ1) is 30.6. The van der Waals surface area contributed by atoms with Crippen LogP contribution in [0.4, 0.5) is 5.82 Å². The minimum absolute atomic E-state index is 0.0238. The Morgan fingerprint density at radius 1 is 0.978 bits per heavy atom. The van der Waals surface area contributed by atoms with E-state index < -0.39 is 0 Å². The Bertz CT molecular complexity index is 1970. The summed E-state index contributed by atoms with van der Waals surface area (Å²) in [5.74, 6) is 3.35. The third-order valence-corrected chi connectivity index (χ3v) is 7.94. The highest BCUT2D eigenvalue weighted by Gasteiger charge is 2.25. The largest absolute Gasteiger partial charge is 0.493 e. The number of hydrogen-bond donors (Lipinski definition) is 1. The van der Waals surface area contributed by atoms with Crippen molar-refractivity contribution in [1.82, 2.24) is 14.5 Å². The number of carbonyl (C=O) groups is 1. The van der Waals surface area contributed by atoms with E-state index in [0.717, 1.165) is 17.5 Å². The number of carbonyl (C=O) groups excluding carboxylic acids is 1. The van der Waals surface area contributed by atoms with Gasteiger partial charge in [0.15, 0.2) is 17.3 Å². The van der Waals surface area contributed by atoms with Gasteiger partial charge in [-0.05, 0) is 67.6 Å². The first-order valence-electron chi connectivity index (χ1n) is 15.4. The SMILES string of the molecule is C=C(Nc1ccc(Oc2ccnc3cc(OCCC(C)C)c(OC)cc23)cn1)c1cc2c(n(-c3ccccc3)c1=O)CCCC2=O. The van der Waals surface area contributed by atoms with E-state index in [-0.39, 0.29) is 11.3 Å². The Labute approximate surface area is 267 Å². The Kier molecular flexibility index (Phi) is 8.83. The fraction of sp³-hybridized carbons (Fsp3) is 0.243. The van der Waals surface area contributed by atoms with E-state index in [1.165, 1.54) is 0 Å². The normalized spacial score (nSPS) is 12.6. The van der Waals surface area contributed by atoms with Gasteiger partial charge >= 0.3 is 0 Å². The van der Waals surface area contributed by atoms with E-state index in [1.807, 2.05) is 42.5 Å². The molecule has 9 nitrogen and oxygen atoms in total. The minimum atomic E-state index is -0.245. The molecule has 0 fully saturated rings. The lowest BCUT2D eigenvalue weighted by atomic mass is 9.92. The van der Waals surface area contributed by atoms with Gasteiger partial charge in [0.05, 0.1) is 31.0 Å². The number of benzene rings is 2. The van der Waals surface area contributed by atoms with Gasteiger partial charge in [0.1, 0.15) is 17.3 Å². The number of hydrogen-bond acceptors (Lipinski definition) is 8. The maximum atomic E-state index is 13.8. The molecule has 0 saturated carbocycles. The van der Waals surface area contributed by atoms with Crippen LogP contribution in [0.2, 0.25) is 0 Å². The van der Waals surface area contributed by atoms with E-state index in [4.69, 9.17) is 14.2 Å². The summed E-state index contributed by atoms with van der Waals surface area (Å²) in [7, 11) is 1.61. The Morgan fingerprint density at radius 3 is 2.54 bits per heavy atom. The summed E-state index contributed by atoms with van der Waals surface area (Å²) in [5, 5.41) is 3.91. The summed E-state index contributed by atoms with van der Waals surface area (Å²) < 4.78 is 19.4. The predicted molar refractivity (Wildman–Crippen MR) is 180 cm³/mol. The molecule has 6 rings (SSSR count). The molecule has 0 bridgehead atoms. The molecular formula is C37H36N4O5. The molecule has 2 aromatic carbocycles. The molecule has 0 saturated heterocycles. The summed E-state index contributed by atoms with van der Waals surface area (Å²) in [4.78, 5) is 35.7. The number of ether oxygens (including phenoxy) is 3. The molecule has 0 aliphatic heterocycles. The van der Waals surface area contributed by atoms with Gasteiger partial charge < -0.3 is 19.5 Å². The van der Waals surface area contributed by atoms with Crippen molar-refractivity contribution < 1.29 is 19.0 Å². The molecular weight excluding hydrogens is 580 g/mol. The van der Waals surface area contributed by atoms with Crippen molar-refractivity contribution in [2.24, 2.45) is 5.92 Å². The second kappa shape index (κ2) is 13.3. The number of fused-ring (bicyclic) bond motifs is 2. The summed E-state index contributed by atoms with van der Waals surface area (Å²) in [5.41, 5.74) is 3.12. The van der Waals surface area contributed by atoms with Gasteiger partial charge in [-0.1, -0.05) is 38.6 Å². The predicted octanol–water partition coefficient (Wildman–Crippen LogP) is 7.61. The lowest BCUT2D eigenvalue weighted by molar-refractivity contribution is 0.0971. The van der Waals surface area contributed by atoms with Crippen LogP contribution in [0.25, 0.3) is 22.3 Å². The Balaban J connectivity index is 1.23. The molecule has 3 aromatic heterocycles. The van der Waals surface area contributed by atoms with Gasteiger partial charge in [-0.15, -0.1) is 0 Å². The first-order chi connectivity index (χ1) is 22.3. The maximum absolute atomic E-state index is 13.8. The number of nitrogens with one attached hydrogen (secondary N) is 1. The van der Waals surface area contributed by atoms with Crippen LogP contribution in [-0.4, -0.2) is 34.0 Å². The van der Waals surface area contributed by atoms with Gasteiger partial charge in [0.2, 0.25) is 0 Å². The molecule has 0 amide bonds. The third-order valence-electron chi connectivity index (χ3n) is 7.94. The number of aromatic nitrogens is 3. The van der Waals surface area contributed by atoms with Gasteiger partial charge in [-0.3, -0.25) is 19.1 Å². The maximum Gasteiger partial charge on any atom is 0.264 e. The van der Waals surface area contributed by atoms with Crippen molar-refractivity contribution in [1.29, 1.82) is 0 Å². The van der Waals surface area contributed by atoms with E-state index >= 15 is 0 Å². The van der Waals surface area contributed by atoms with Crippen LogP contribution < -0.4 is 25.1 Å². The van der Waals surface area contributed by atoms with Crippen molar-refractivity contribution in [3.63, 3.8) is 0 Å². The van der Waals surface area contributed by atoms with Crippen LogP contribution in [0, 0.1) is 5.92 Å². The molecule has 46 heavy (non-hydrogen) atoms. The number of pyridine rings is 3. The smallest absolute Gasteiger partial charge is 0.264 e. The zero-order valence-electron chi connectivity index (χ0n) is 26.2. The highest BCUT2D eigenvalue weighted by atomic mass is 16.5. The number of anilines is 1. The van der Waals surface area contributed by atoms with Crippen molar-refractivity contribution in [2.75, 3.05) is 19.0 Å². The highest BCUT2D eigenvalue weighted by Crippen LogP contribution is 2.37. The summed E-state index contributed by atoms with van der Waals surface area (Å²) in [6.45, 7) is 9.02. The number of ketones is 1. The number of rotatable bonds is 11. The second-order valence-electron chi connectivity index (χ2n) is 11.6. The fourth-order valence-corrected chi connectivity index (χ4v) is 5.52. The zero-order valence-corrected chi connectivity index (χ0v) is 26.2. The average Bonchev–Trinajstić information content (AvgIpc) is 3.05. The van der Waals surface area contributed by atoms with Crippen molar-refractivity contribution in [3.8, 4) is 28.7 Å². The molecule has 1 aliphatic carbocycles. The standard InChI is InChI=1S/C37H36N4O5/c1-23(2)16-18-45-35-21-30-28(20-34(35)44-4)33(15-17-38-30)46-26-13-14-36(39-22-26)40-24(3)27-19-29-31(11-8-12-32(29)42)41(37(27)43)25-9-6-5-7-10-25/h5-7,9-10,13-15,17,19-23H,3,8,11-12,16,18H2,1-2,4H3,(H,39,40). The molecule has 3 heterocycles. The van der Waals surface area contributed by atoms with Crippen LogP contribution in [-0.2, 0) is 6.42 Å². The molecule has 234 valence electrons. The Hall–Kier alpha value is -5.44. The summed E-state index contributed by atoms with van der Waals surface area (Å²) >= 11 is 0. The van der Waals surface area contributed by atoms with Crippen LogP contribution in [0.15, 0.2) is 90.5 Å². The molecule has 0 spiro atoms. The van der Waals surface area contributed by atoms with E-state index in [0.29, 0.717) is 88.6 Å². The fourth-order valence-electron chi connectivity index (χ4n) is 5.52. The zero-order chi connectivity index (χ0) is 32.2. The lowest BCUT2D eigenvalue weighted by Crippen LogP contribution is -2.30. The molecule has 1 aliphatic rings. The van der Waals surface area contributed by atoms with Crippen molar-refractivity contribution >= 4 is 28.2 Å². The van der Waals surface area contributed by atoms with Crippen LogP contribution in [0.1, 0.15) is 54.7 Å². The monoisotopic (exact) mass is 616 g/mol. The molecule has 0 unspecified atom stereocenters. The Morgan fingerprint density at radius 2 is 1.80 bits per heavy atom. The lowest BCUT2D eigenvalue weighted by Gasteiger charge is -2.22. The van der Waals surface area contributed by atoms with Crippen LogP contribution in [0.5, 0.6) is 23.0 Å². The van der Waals surface area contributed by atoms with Crippen LogP contribution >= 0.6 is 0 Å². The highest BCUT2D eigenvalue weighted by molar-refractivity contribution is 5.99. The van der Waals surface area contributed by atoms with Crippen LogP contribution in [0.3, 0.4) is 0 Å². The van der Waals surface area contributed by atoms with Gasteiger partial charge in [-0.25, -0.2) is 4.98 Å². The number of para-hydroxylation sites is 1. The van der Waals surface area contributed by atoms with E-state index in [9.17, 15) is 9.59 Å². The topological polar surface area (TPSA) is 105 Å². The third kappa shape index (κ3) is 6.35. The summed E-state index contributed by atoms with van der Waals surface area (Å²) in [6.07, 6.45) is 6.02. The average molecular weight is 617 g/mol. The van der Waals surface area contributed by atoms with Crippen molar-refractivity contribution in [3.05, 3.63) is 113 Å². The minimum Gasteiger partial charge on any atom is -0.493 e. The van der Waals surface area contributed by atoms with Crippen molar-refractivity contribution in [2.45, 2.75) is 39.5 Å². The molecule has 9 heteroatoms. The quantitative estimate of drug-likeness (QED) is 0.162. The first-order valence-corrected chi connectivity index (χ1v) is 15.4. The molecule has 5 aromatic rings. The number of nitrogens with zero attached hydrogens (tertiary/aromatic N) is 3. The number of methoxy groups -OCH3 is 1. The number of Topliss-reactive ketones (excluding diaryl/α,β-unsaturated/α-hetero) is 1. The second-order valence-corrected chi connectivity index (χ2v) is 11.6. The van der Waals surface area contributed by atoms with Gasteiger partial charge in [0, 0.05) is 46.7 Å². The van der Waals surface area contributed by atoms with Gasteiger partial charge in [0.25, 0.3) is 5.56 Å². The van der Waals surface area contributed by atoms with E-state index in [1.54, 1.807) is 48.3 Å². The van der Waals surface area contributed by atoms with Gasteiger partial charge in [-0.2, -0.15) is 0 Å². The molecule has 1 N–H and O–H groups in total. The van der Waals surface area contributed by atoms with E-state index in [2.05, 4.69) is 35.7 Å². The molecule has 0 atom stereocenters. The molecule has 0 radical (unpaired) electrons.